The first-order valence-electron chi connectivity index (χ1n) is 5.97. The van der Waals surface area contributed by atoms with Gasteiger partial charge in [0.25, 0.3) is 0 Å². The van der Waals surface area contributed by atoms with E-state index < -0.39 is 12.1 Å². The number of aliphatic hydroxyl groups is 1. The zero-order valence-electron chi connectivity index (χ0n) is 10.5. The zero-order chi connectivity index (χ0) is 14.0. The highest BCUT2D eigenvalue weighted by Crippen LogP contribution is 2.30. The summed E-state index contributed by atoms with van der Waals surface area (Å²) in [5.41, 5.74) is 0.679. The molecule has 19 heavy (non-hydrogen) atoms. The van der Waals surface area contributed by atoms with Gasteiger partial charge in [-0.1, -0.05) is 23.2 Å². The number of aliphatic hydroxyl groups excluding tert-OH is 1. The topological polar surface area (TPSA) is 49.8 Å². The van der Waals surface area contributed by atoms with E-state index in [1.165, 1.54) is 7.11 Å². The average Bonchev–Trinajstić information content (AvgIpc) is 2.74. The number of benzene rings is 1. The van der Waals surface area contributed by atoms with Gasteiger partial charge in [0.05, 0.1) is 13.2 Å². The molecule has 0 aliphatic carbocycles. The number of carbonyl (C=O) groups is 1. The molecule has 0 bridgehead atoms. The highest BCUT2D eigenvalue weighted by molar-refractivity contribution is 6.34. The second kappa shape index (κ2) is 6.09. The Hall–Kier alpha value is -0.810. The number of carbonyl (C=O) groups excluding carboxylic acids is 1. The van der Waals surface area contributed by atoms with Crippen molar-refractivity contribution in [3.05, 3.63) is 33.8 Å². The Morgan fingerprint density at radius 1 is 1.42 bits per heavy atom. The summed E-state index contributed by atoms with van der Waals surface area (Å²) in [7, 11) is 1.34. The lowest BCUT2D eigenvalue weighted by molar-refractivity contribution is -0.147. The maximum absolute atomic E-state index is 12.0. The van der Waals surface area contributed by atoms with Crippen molar-refractivity contribution in [2.45, 2.75) is 18.6 Å². The highest BCUT2D eigenvalue weighted by atomic mass is 35.5. The van der Waals surface area contributed by atoms with Gasteiger partial charge in [-0.15, -0.1) is 0 Å². The quantitative estimate of drug-likeness (QED) is 0.870. The van der Waals surface area contributed by atoms with Crippen LogP contribution in [0.2, 0.25) is 10.0 Å². The molecule has 1 saturated heterocycles. The van der Waals surface area contributed by atoms with Crippen LogP contribution in [0.1, 0.15) is 18.0 Å². The average molecular weight is 304 g/mol. The minimum absolute atomic E-state index is 0.382. The number of halogens is 2. The fourth-order valence-corrected chi connectivity index (χ4v) is 2.89. The van der Waals surface area contributed by atoms with Crippen LogP contribution >= 0.6 is 23.2 Å². The zero-order valence-corrected chi connectivity index (χ0v) is 12.0. The summed E-state index contributed by atoms with van der Waals surface area (Å²) in [6.07, 6.45) is 0.226. The Bertz CT molecular complexity index is 461. The van der Waals surface area contributed by atoms with E-state index in [1.54, 1.807) is 18.2 Å². The third-order valence-corrected chi connectivity index (χ3v) is 3.62. The number of nitrogens with zero attached hydrogens (tertiary/aromatic N) is 1. The minimum Gasteiger partial charge on any atom is -0.468 e. The summed E-state index contributed by atoms with van der Waals surface area (Å²) >= 11 is 11.9. The van der Waals surface area contributed by atoms with E-state index in [1.807, 2.05) is 4.90 Å². The number of β-amino-alcohol motifs (C(OH)–C–C–N with tert-alkyl or cyclic N) is 1. The number of likely N-dealkylation sites (tertiary alicyclic amines) is 1. The number of ether oxygens (including phenoxy) is 1. The highest BCUT2D eigenvalue weighted by Gasteiger charge is 2.33. The molecule has 0 saturated carbocycles. The van der Waals surface area contributed by atoms with E-state index in [0.717, 1.165) is 0 Å². The molecule has 1 fully saturated rings. The van der Waals surface area contributed by atoms with E-state index in [9.17, 15) is 9.90 Å². The monoisotopic (exact) mass is 303 g/mol. The molecule has 6 heteroatoms. The maximum atomic E-state index is 12.0. The molecule has 2 rings (SSSR count). The van der Waals surface area contributed by atoms with Crippen LogP contribution in [0.4, 0.5) is 0 Å². The van der Waals surface area contributed by atoms with Crippen molar-refractivity contribution in [2.24, 2.45) is 0 Å². The van der Waals surface area contributed by atoms with Gasteiger partial charge in [0.2, 0.25) is 0 Å². The molecule has 1 aliphatic heterocycles. The lowest BCUT2D eigenvalue weighted by Gasteiger charge is -2.25. The molecule has 104 valence electrons. The molecule has 0 radical (unpaired) electrons. The first kappa shape index (κ1) is 14.6. The standard InChI is InChI=1S/C13H15Cl2NO3/c1-19-13(18)12(16-3-2-11(17)7-16)8-4-9(14)6-10(15)5-8/h4-6,11-12,17H,2-3,7H2,1H3/t11-,12?/m1/s1. The molecule has 1 aromatic carbocycles. The third-order valence-electron chi connectivity index (χ3n) is 3.19. The van der Waals surface area contributed by atoms with Crippen LogP contribution in [-0.2, 0) is 9.53 Å². The van der Waals surface area contributed by atoms with E-state index in [0.29, 0.717) is 35.1 Å². The first-order chi connectivity index (χ1) is 9.01. The van der Waals surface area contributed by atoms with Crippen molar-refractivity contribution in [1.29, 1.82) is 0 Å². The SMILES string of the molecule is COC(=O)C(c1cc(Cl)cc(Cl)c1)N1CC[C@@H](O)C1. The number of esters is 1. The molecule has 1 unspecified atom stereocenters. The summed E-state index contributed by atoms with van der Waals surface area (Å²) in [4.78, 5) is 13.9. The number of hydrogen-bond acceptors (Lipinski definition) is 4. The second-order valence-electron chi connectivity index (χ2n) is 4.57. The van der Waals surface area contributed by atoms with Crippen LogP contribution in [0.15, 0.2) is 18.2 Å². The van der Waals surface area contributed by atoms with E-state index >= 15 is 0 Å². The third kappa shape index (κ3) is 3.39. The number of rotatable bonds is 3. The van der Waals surface area contributed by atoms with Gasteiger partial charge in [-0.05, 0) is 30.2 Å². The summed E-state index contributed by atoms with van der Waals surface area (Å²) in [5, 5.41) is 10.6. The van der Waals surface area contributed by atoms with Gasteiger partial charge in [0.15, 0.2) is 0 Å². The van der Waals surface area contributed by atoms with E-state index in [4.69, 9.17) is 27.9 Å². The molecule has 0 amide bonds. The Labute approximate surface area is 121 Å². The van der Waals surface area contributed by atoms with E-state index in [-0.39, 0.29) is 5.97 Å². The van der Waals surface area contributed by atoms with E-state index in [2.05, 4.69) is 0 Å². The Kier molecular flexibility index (Phi) is 4.68. The van der Waals surface area contributed by atoms with Crippen LogP contribution in [0.3, 0.4) is 0 Å². The van der Waals surface area contributed by atoms with Crippen molar-refractivity contribution < 1.29 is 14.6 Å². The van der Waals surface area contributed by atoms with Gasteiger partial charge in [0, 0.05) is 23.1 Å². The summed E-state index contributed by atoms with van der Waals surface area (Å²) in [6, 6.07) is 4.41. The van der Waals surface area contributed by atoms with Crippen LogP contribution in [0, 0.1) is 0 Å². The fourth-order valence-electron chi connectivity index (χ4n) is 2.34. The van der Waals surface area contributed by atoms with Gasteiger partial charge in [-0.2, -0.15) is 0 Å². The predicted molar refractivity (Wildman–Crippen MR) is 73.4 cm³/mol. The first-order valence-corrected chi connectivity index (χ1v) is 6.73. The Morgan fingerprint density at radius 3 is 2.53 bits per heavy atom. The molecule has 1 aliphatic rings. The lowest BCUT2D eigenvalue weighted by atomic mass is 10.1. The van der Waals surface area contributed by atoms with Crippen molar-refractivity contribution in [1.82, 2.24) is 4.90 Å². The van der Waals surface area contributed by atoms with Crippen LogP contribution in [0.25, 0.3) is 0 Å². The lowest BCUT2D eigenvalue weighted by Crippen LogP contribution is -2.33. The van der Waals surface area contributed by atoms with Crippen molar-refractivity contribution >= 4 is 29.2 Å². The molecule has 0 spiro atoms. The normalized spacial score (nSPS) is 21.4. The Balaban J connectivity index is 2.34. The fraction of sp³-hybridized carbons (Fsp3) is 0.462. The van der Waals surface area contributed by atoms with Crippen LogP contribution in [0.5, 0.6) is 0 Å². The van der Waals surface area contributed by atoms with Crippen molar-refractivity contribution in [3.8, 4) is 0 Å². The predicted octanol–water partition coefficient (Wildman–Crippen LogP) is 2.27. The largest absolute Gasteiger partial charge is 0.468 e. The molecule has 1 N–H and O–H groups in total. The van der Waals surface area contributed by atoms with Gasteiger partial charge in [0.1, 0.15) is 6.04 Å². The molecule has 0 aromatic heterocycles. The summed E-state index contributed by atoms with van der Waals surface area (Å²) in [6.45, 7) is 1.06. The molecular formula is C13H15Cl2NO3. The molecule has 2 atom stereocenters. The minimum atomic E-state index is -0.585. The molecule has 1 aromatic rings. The van der Waals surface area contributed by atoms with Crippen molar-refractivity contribution in [3.63, 3.8) is 0 Å². The number of methoxy groups -OCH3 is 1. The van der Waals surface area contributed by atoms with Gasteiger partial charge in [-0.25, -0.2) is 4.79 Å². The molecule has 4 nitrogen and oxygen atoms in total. The van der Waals surface area contributed by atoms with Gasteiger partial charge < -0.3 is 9.84 Å². The maximum Gasteiger partial charge on any atom is 0.327 e. The summed E-state index contributed by atoms with van der Waals surface area (Å²) < 4.78 is 4.85. The van der Waals surface area contributed by atoms with Crippen molar-refractivity contribution in [2.75, 3.05) is 20.2 Å². The molecule has 1 heterocycles. The van der Waals surface area contributed by atoms with Gasteiger partial charge >= 0.3 is 5.97 Å². The second-order valence-corrected chi connectivity index (χ2v) is 5.44. The number of hydrogen-bond donors (Lipinski definition) is 1. The summed E-state index contributed by atoms with van der Waals surface area (Å²) in [5.74, 6) is -0.382. The van der Waals surface area contributed by atoms with Crippen LogP contribution < -0.4 is 0 Å². The molecular weight excluding hydrogens is 289 g/mol. The Morgan fingerprint density at radius 2 is 2.05 bits per heavy atom. The smallest absolute Gasteiger partial charge is 0.327 e. The van der Waals surface area contributed by atoms with Gasteiger partial charge in [-0.3, -0.25) is 4.90 Å². The van der Waals surface area contributed by atoms with Crippen LogP contribution in [-0.4, -0.2) is 42.3 Å².